The Kier molecular flexibility index (Phi) is 9.60. The number of carbonyl (C=O) groups excluding carboxylic acids is 1. The molecule has 1 saturated heterocycles. The van der Waals surface area contributed by atoms with Gasteiger partial charge in [0.15, 0.2) is 0 Å². The molecule has 0 aliphatic carbocycles. The predicted molar refractivity (Wildman–Crippen MR) is 97.6 cm³/mol. The summed E-state index contributed by atoms with van der Waals surface area (Å²) in [5.41, 5.74) is 1.25. The van der Waals surface area contributed by atoms with Crippen LogP contribution in [0.5, 0.6) is 0 Å². The molecule has 1 aromatic carbocycles. The minimum atomic E-state index is -0.0594. The van der Waals surface area contributed by atoms with Crippen molar-refractivity contribution in [2.24, 2.45) is 0 Å². The lowest BCUT2D eigenvalue weighted by Gasteiger charge is -2.13. The lowest BCUT2D eigenvalue weighted by molar-refractivity contribution is -0.122. The lowest BCUT2D eigenvalue weighted by Crippen LogP contribution is -2.42. The molecule has 1 aromatic rings. The second-order valence-corrected chi connectivity index (χ2v) is 6.69. The molecule has 5 heteroatoms. The summed E-state index contributed by atoms with van der Waals surface area (Å²) < 4.78 is 0. The lowest BCUT2D eigenvalue weighted by atomic mass is 10.1. The number of unbranched alkanes of at least 4 members (excludes halogenated alkanes) is 4. The SMILES string of the molecule is CCCCCCCNC(=O)[C@H]1CSC(c2ccccc2)N1.Cl. The smallest absolute Gasteiger partial charge is 0.238 e. The zero-order chi connectivity index (χ0) is 14.9. The van der Waals surface area contributed by atoms with Crippen LogP contribution in [0.1, 0.15) is 50.0 Å². The van der Waals surface area contributed by atoms with Gasteiger partial charge in [-0.05, 0) is 12.0 Å². The van der Waals surface area contributed by atoms with Gasteiger partial charge in [0.2, 0.25) is 5.91 Å². The fourth-order valence-corrected chi connectivity index (χ4v) is 3.75. The zero-order valence-electron chi connectivity index (χ0n) is 13.2. The Bertz CT molecular complexity index is 430. The van der Waals surface area contributed by atoms with Crippen LogP contribution in [0.3, 0.4) is 0 Å². The van der Waals surface area contributed by atoms with E-state index in [0.717, 1.165) is 18.7 Å². The van der Waals surface area contributed by atoms with Crippen molar-refractivity contribution in [2.75, 3.05) is 12.3 Å². The van der Waals surface area contributed by atoms with Gasteiger partial charge in [-0.15, -0.1) is 24.2 Å². The summed E-state index contributed by atoms with van der Waals surface area (Å²) in [6, 6.07) is 10.3. The monoisotopic (exact) mass is 342 g/mol. The molecule has 0 bridgehead atoms. The van der Waals surface area contributed by atoms with Gasteiger partial charge >= 0.3 is 0 Å². The van der Waals surface area contributed by atoms with Crippen molar-refractivity contribution in [1.29, 1.82) is 0 Å². The molecule has 22 heavy (non-hydrogen) atoms. The first-order chi connectivity index (χ1) is 10.3. The van der Waals surface area contributed by atoms with Crippen molar-refractivity contribution < 1.29 is 4.79 Å². The summed E-state index contributed by atoms with van der Waals surface area (Å²) in [6.07, 6.45) is 6.14. The summed E-state index contributed by atoms with van der Waals surface area (Å²) in [7, 11) is 0. The van der Waals surface area contributed by atoms with Crippen molar-refractivity contribution in [3.8, 4) is 0 Å². The molecule has 1 amide bonds. The van der Waals surface area contributed by atoms with Gasteiger partial charge in [-0.2, -0.15) is 0 Å². The number of nitrogens with one attached hydrogen (secondary N) is 2. The number of thioether (sulfide) groups is 1. The van der Waals surface area contributed by atoms with Gasteiger partial charge in [-0.1, -0.05) is 62.9 Å². The number of hydrogen-bond donors (Lipinski definition) is 2. The average molecular weight is 343 g/mol. The molecule has 1 heterocycles. The molecule has 2 atom stereocenters. The number of rotatable bonds is 8. The van der Waals surface area contributed by atoms with Gasteiger partial charge in [0, 0.05) is 12.3 Å². The van der Waals surface area contributed by atoms with E-state index in [-0.39, 0.29) is 29.7 Å². The van der Waals surface area contributed by atoms with Gasteiger partial charge in [0.05, 0.1) is 11.4 Å². The molecular formula is C17H27ClN2OS. The summed E-state index contributed by atoms with van der Waals surface area (Å²) in [5, 5.41) is 6.72. The minimum Gasteiger partial charge on any atom is -0.355 e. The van der Waals surface area contributed by atoms with E-state index in [1.807, 2.05) is 30.0 Å². The van der Waals surface area contributed by atoms with E-state index in [9.17, 15) is 4.79 Å². The third-order valence-corrected chi connectivity index (χ3v) is 5.05. The summed E-state index contributed by atoms with van der Waals surface area (Å²) in [6.45, 7) is 3.02. The van der Waals surface area contributed by atoms with Crippen LogP contribution in [-0.2, 0) is 4.79 Å². The normalized spacial score (nSPS) is 20.4. The molecule has 0 spiro atoms. The third kappa shape index (κ3) is 6.19. The summed E-state index contributed by atoms with van der Waals surface area (Å²) >= 11 is 1.81. The zero-order valence-corrected chi connectivity index (χ0v) is 14.8. The van der Waals surface area contributed by atoms with E-state index in [1.54, 1.807) is 0 Å². The second-order valence-electron chi connectivity index (χ2n) is 5.55. The van der Waals surface area contributed by atoms with Gasteiger partial charge in [0.25, 0.3) is 0 Å². The summed E-state index contributed by atoms with van der Waals surface area (Å²) in [5.74, 6) is 0.998. The van der Waals surface area contributed by atoms with E-state index >= 15 is 0 Å². The molecule has 0 aromatic heterocycles. The first-order valence-electron chi connectivity index (χ1n) is 8.01. The highest BCUT2D eigenvalue weighted by atomic mass is 35.5. The maximum Gasteiger partial charge on any atom is 0.238 e. The molecule has 2 N–H and O–H groups in total. The van der Waals surface area contributed by atoms with E-state index in [1.165, 1.54) is 31.2 Å². The number of benzene rings is 1. The van der Waals surface area contributed by atoms with Crippen LogP contribution in [0.2, 0.25) is 0 Å². The van der Waals surface area contributed by atoms with Gasteiger partial charge in [-0.3, -0.25) is 10.1 Å². The highest BCUT2D eigenvalue weighted by molar-refractivity contribution is 7.99. The molecule has 124 valence electrons. The van der Waals surface area contributed by atoms with E-state index in [2.05, 4.69) is 29.7 Å². The largest absolute Gasteiger partial charge is 0.355 e. The Morgan fingerprint density at radius 3 is 2.68 bits per heavy atom. The number of halogens is 1. The van der Waals surface area contributed by atoms with Crippen LogP contribution in [0.4, 0.5) is 0 Å². The first kappa shape index (κ1) is 19.3. The average Bonchev–Trinajstić information content (AvgIpc) is 3.01. The van der Waals surface area contributed by atoms with Crippen LogP contribution < -0.4 is 10.6 Å². The van der Waals surface area contributed by atoms with Crippen LogP contribution in [0.15, 0.2) is 30.3 Å². The van der Waals surface area contributed by atoms with Crippen molar-refractivity contribution in [2.45, 2.75) is 50.4 Å². The molecular weight excluding hydrogens is 316 g/mol. The molecule has 1 aliphatic heterocycles. The molecule has 3 nitrogen and oxygen atoms in total. The Hall–Kier alpha value is -0.710. The fraction of sp³-hybridized carbons (Fsp3) is 0.588. The first-order valence-corrected chi connectivity index (χ1v) is 9.06. The van der Waals surface area contributed by atoms with Crippen molar-refractivity contribution in [1.82, 2.24) is 10.6 Å². The Morgan fingerprint density at radius 2 is 1.95 bits per heavy atom. The van der Waals surface area contributed by atoms with Crippen LogP contribution >= 0.6 is 24.2 Å². The highest BCUT2D eigenvalue weighted by Gasteiger charge is 2.29. The standard InChI is InChI=1S/C17H26N2OS.ClH/c1-2-3-4-5-9-12-18-16(20)15-13-21-17(19-15)14-10-7-6-8-11-14;/h6-8,10-11,15,17,19H,2-5,9,12-13H2,1H3,(H,18,20);1H/t15-,17?;/m1./s1. The Morgan fingerprint density at radius 1 is 1.23 bits per heavy atom. The Balaban J connectivity index is 0.00000242. The van der Waals surface area contributed by atoms with E-state index in [0.29, 0.717) is 0 Å². The summed E-state index contributed by atoms with van der Waals surface area (Å²) in [4.78, 5) is 12.1. The molecule has 0 radical (unpaired) electrons. The number of carbonyl (C=O) groups is 1. The molecule has 2 rings (SSSR count). The maximum atomic E-state index is 12.1. The minimum absolute atomic E-state index is 0. The van der Waals surface area contributed by atoms with Gasteiger partial charge in [-0.25, -0.2) is 0 Å². The molecule has 1 fully saturated rings. The predicted octanol–water partition coefficient (Wildman–Crippen LogP) is 3.90. The topological polar surface area (TPSA) is 41.1 Å². The van der Waals surface area contributed by atoms with Crippen LogP contribution in [-0.4, -0.2) is 24.2 Å². The number of amides is 1. The fourth-order valence-electron chi connectivity index (χ4n) is 2.51. The van der Waals surface area contributed by atoms with Crippen LogP contribution in [0.25, 0.3) is 0 Å². The quantitative estimate of drug-likeness (QED) is 0.704. The van der Waals surface area contributed by atoms with Crippen molar-refractivity contribution in [3.63, 3.8) is 0 Å². The van der Waals surface area contributed by atoms with Gasteiger partial charge < -0.3 is 5.32 Å². The van der Waals surface area contributed by atoms with E-state index < -0.39 is 0 Å². The highest BCUT2D eigenvalue weighted by Crippen LogP contribution is 2.32. The maximum absolute atomic E-state index is 12.1. The Labute approximate surface area is 144 Å². The van der Waals surface area contributed by atoms with E-state index in [4.69, 9.17) is 0 Å². The van der Waals surface area contributed by atoms with Crippen molar-refractivity contribution in [3.05, 3.63) is 35.9 Å². The van der Waals surface area contributed by atoms with Crippen molar-refractivity contribution >= 4 is 30.1 Å². The molecule has 1 aliphatic rings. The molecule has 1 unspecified atom stereocenters. The third-order valence-electron chi connectivity index (χ3n) is 3.78. The second kappa shape index (κ2) is 10.9. The molecule has 0 saturated carbocycles. The number of hydrogen-bond acceptors (Lipinski definition) is 3. The van der Waals surface area contributed by atoms with Crippen LogP contribution in [0, 0.1) is 0 Å². The van der Waals surface area contributed by atoms with Gasteiger partial charge in [0.1, 0.15) is 0 Å².